The van der Waals surface area contributed by atoms with Crippen molar-refractivity contribution in [2.45, 2.75) is 24.9 Å². The lowest BCUT2D eigenvalue weighted by atomic mass is 9.94. The fraction of sp³-hybridized carbons (Fsp3) is 0.444. The standard InChI is InChI=1S/C18H23N3O4/c1-24-14-4-2-12(3-5-14)16(22)11-19-18(23)15-10-20-21-17(15)13-6-8-25-9-7-13/h2-5,10,13,16,22H,6-9,11H2,1H3,(H,19,23)(H,20,21). The van der Waals surface area contributed by atoms with Gasteiger partial charge in [-0.25, -0.2) is 0 Å². The number of benzene rings is 1. The summed E-state index contributed by atoms with van der Waals surface area (Å²) in [6.07, 6.45) is 2.50. The number of amides is 1. The van der Waals surface area contributed by atoms with E-state index in [9.17, 15) is 9.90 Å². The van der Waals surface area contributed by atoms with Crippen LogP contribution >= 0.6 is 0 Å². The molecular formula is C18H23N3O4. The lowest BCUT2D eigenvalue weighted by molar-refractivity contribution is 0.0829. The number of aliphatic hydroxyl groups is 1. The summed E-state index contributed by atoms with van der Waals surface area (Å²) in [5.41, 5.74) is 2.10. The van der Waals surface area contributed by atoms with Crippen LogP contribution in [0.5, 0.6) is 5.75 Å². The molecule has 0 saturated carbocycles. The Morgan fingerprint density at radius 1 is 1.40 bits per heavy atom. The minimum Gasteiger partial charge on any atom is -0.497 e. The van der Waals surface area contributed by atoms with Crippen molar-refractivity contribution in [3.63, 3.8) is 0 Å². The first kappa shape index (κ1) is 17.4. The van der Waals surface area contributed by atoms with E-state index in [1.807, 2.05) is 0 Å². The number of aromatic nitrogens is 2. The smallest absolute Gasteiger partial charge is 0.254 e. The lowest BCUT2D eigenvalue weighted by Gasteiger charge is -2.21. The number of nitrogens with zero attached hydrogens (tertiary/aromatic N) is 1. The number of aromatic amines is 1. The summed E-state index contributed by atoms with van der Waals surface area (Å²) in [6.45, 7) is 1.52. The molecule has 134 valence electrons. The molecule has 0 radical (unpaired) electrons. The second-order valence-electron chi connectivity index (χ2n) is 6.08. The van der Waals surface area contributed by atoms with E-state index in [2.05, 4.69) is 15.5 Å². The lowest BCUT2D eigenvalue weighted by Crippen LogP contribution is -2.29. The van der Waals surface area contributed by atoms with Crippen LogP contribution in [-0.2, 0) is 4.74 Å². The summed E-state index contributed by atoms with van der Waals surface area (Å²) in [7, 11) is 1.59. The third-order valence-corrected chi connectivity index (χ3v) is 4.50. The quantitative estimate of drug-likeness (QED) is 0.741. The van der Waals surface area contributed by atoms with Crippen molar-refractivity contribution < 1.29 is 19.4 Å². The Balaban J connectivity index is 1.59. The molecule has 0 spiro atoms. The number of nitrogens with one attached hydrogen (secondary N) is 2. The number of ether oxygens (including phenoxy) is 2. The zero-order valence-electron chi connectivity index (χ0n) is 14.2. The van der Waals surface area contributed by atoms with E-state index in [-0.39, 0.29) is 18.4 Å². The summed E-state index contributed by atoms with van der Waals surface area (Å²) in [5.74, 6) is 0.741. The monoisotopic (exact) mass is 345 g/mol. The minimum atomic E-state index is -0.784. The van der Waals surface area contributed by atoms with Gasteiger partial charge in [0.05, 0.1) is 30.7 Å². The van der Waals surface area contributed by atoms with Crippen LogP contribution in [0, 0.1) is 0 Å². The molecule has 1 fully saturated rings. The molecule has 1 amide bonds. The predicted octanol–water partition coefficient (Wildman–Crippen LogP) is 1.78. The predicted molar refractivity (Wildman–Crippen MR) is 91.7 cm³/mol. The van der Waals surface area contributed by atoms with Crippen LogP contribution in [-0.4, -0.2) is 48.1 Å². The number of H-pyrrole nitrogens is 1. The van der Waals surface area contributed by atoms with E-state index in [0.717, 1.165) is 29.8 Å². The van der Waals surface area contributed by atoms with E-state index in [1.54, 1.807) is 37.6 Å². The summed E-state index contributed by atoms with van der Waals surface area (Å²) >= 11 is 0. The topological polar surface area (TPSA) is 96.5 Å². The highest BCUT2D eigenvalue weighted by Crippen LogP contribution is 2.27. The van der Waals surface area contributed by atoms with Gasteiger partial charge in [0, 0.05) is 25.7 Å². The van der Waals surface area contributed by atoms with Gasteiger partial charge in [-0.15, -0.1) is 0 Å². The highest BCUT2D eigenvalue weighted by Gasteiger charge is 2.24. The number of hydrogen-bond acceptors (Lipinski definition) is 5. The summed E-state index contributed by atoms with van der Waals surface area (Å²) in [5, 5.41) is 20.0. The first-order chi connectivity index (χ1) is 12.2. The van der Waals surface area contributed by atoms with Gasteiger partial charge in [-0.1, -0.05) is 12.1 Å². The number of rotatable bonds is 6. The Hall–Kier alpha value is -2.38. The van der Waals surface area contributed by atoms with Gasteiger partial charge in [-0.2, -0.15) is 5.10 Å². The molecule has 2 aromatic rings. The Bertz CT molecular complexity index is 693. The molecule has 1 saturated heterocycles. The van der Waals surface area contributed by atoms with E-state index in [0.29, 0.717) is 18.8 Å². The Morgan fingerprint density at radius 3 is 2.80 bits per heavy atom. The van der Waals surface area contributed by atoms with Crippen LogP contribution in [0.1, 0.15) is 46.5 Å². The first-order valence-electron chi connectivity index (χ1n) is 8.40. The SMILES string of the molecule is COc1ccc(C(O)CNC(=O)c2cn[nH]c2C2CCOCC2)cc1. The minimum absolute atomic E-state index is 0.129. The average molecular weight is 345 g/mol. The highest BCUT2D eigenvalue weighted by atomic mass is 16.5. The maximum atomic E-state index is 12.5. The third-order valence-electron chi connectivity index (χ3n) is 4.50. The summed E-state index contributed by atoms with van der Waals surface area (Å²) in [4.78, 5) is 12.5. The Labute approximate surface area is 146 Å². The average Bonchev–Trinajstić information content (AvgIpc) is 3.16. The van der Waals surface area contributed by atoms with Gasteiger partial charge in [0.1, 0.15) is 5.75 Å². The summed E-state index contributed by atoms with van der Waals surface area (Å²) < 4.78 is 10.5. The van der Waals surface area contributed by atoms with Gasteiger partial charge in [-0.05, 0) is 30.5 Å². The Kier molecular flexibility index (Phi) is 5.67. The van der Waals surface area contributed by atoms with Gasteiger partial charge < -0.3 is 19.9 Å². The van der Waals surface area contributed by atoms with Crippen LogP contribution < -0.4 is 10.1 Å². The zero-order chi connectivity index (χ0) is 17.6. The number of carbonyl (C=O) groups excluding carboxylic acids is 1. The van der Waals surface area contributed by atoms with Gasteiger partial charge >= 0.3 is 0 Å². The molecule has 3 rings (SSSR count). The van der Waals surface area contributed by atoms with E-state index in [1.165, 1.54) is 0 Å². The summed E-state index contributed by atoms with van der Waals surface area (Å²) in [6, 6.07) is 7.11. The molecule has 1 aliphatic rings. The molecule has 7 nitrogen and oxygen atoms in total. The van der Waals surface area contributed by atoms with E-state index < -0.39 is 6.10 Å². The van der Waals surface area contributed by atoms with Crippen LogP contribution in [0.25, 0.3) is 0 Å². The highest BCUT2D eigenvalue weighted by molar-refractivity contribution is 5.95. The Morgan fingerprint density at radius 2 is 2.12 bits per heavy atom. The fourth-order valence-corrected chi connectivity index (χ4v) is 3.00. The molecule has 7 heteroatoms. The molecule has 1 aromatic carbocycles. The van der Waals surface area contributed by atoms with Crippen LogP contribution in [0.2, 0.25) is 0 Å². The molecule has 0 bridgehead atoms. The molecule has 0 aliphatic carbocycles. The number of carbonyl (C=O) groups is 1. The number of aliphatic hydroxyl groups excluding tert-OH is 1. The van der Waals surface area contributed by atoms with Gasteiger partial charge in [-0.3, -0.25) is 9.89 Å². The van der Waals surface area contributed by atoms with Crippen LogP contribution in [0.4, 0.5) is 0 Å². The normalized spacial score (nSPS) is 16.4. The van der Waals surface area contributed by atoms with Crippen LogP contribution in [0.3, 0.4) is 0 Å². The zero-order valence-corrected chi connectivity index (χ0v) is 14.2. The third kappa shape index (κ3) is 4.18. The fourth-order valence-electron chi connectivity index (χ4n) is 3.00. The van der Waals surface area contributed by atoms with Crippen molar-refractivity contribution in [2.24, 2.45) is 0 Å². The molecule has 1 aromatic heterocycles. The molecule has 1 atom stereocenters. The van der Waals surface area contributed by atoms with Crippen molar-refractivity contribution in [1.82, 2.24) is 15.5 Å². The molecule has 3 N–H and O–H groups in total. The first-order valence-corrected chi connectivity index (χ1v) is 8.40. The van der Waals surface area contributed by atoms with E-state index in [4.69, 9.17) is 9.47 Å². The maximum absolute atomic E-state index is 12.5. The van der Waals surface area contributed by atoms with Crippen molar-refractivity contribution in [1.29, 1.82) is 0 Å². The maximum Gasteiger partial charge on any atom is 0.254 e. The molecule has 25 heavy (non-hydrogen) atoms. The molecule has 2 heterocycles. The van der Waals surface area contributed by atoms with Crippen LogP contribution in [0.15, 0.2) is 30.5 Å². The van der Waals surface area contributed by atoms with E-state index >= 15 is 0 Å². The van der Waals surface area contributed by atoms with Crippen molar-refractivity contribution in [3.8, 4) is 5.75 Å². The molecule has 1 unspecified atom stereocenters. The van der Waals surface area contributed by atoms with Crippen molar-refractivity contribution in [2.75, 3.05) is 26.9 Å². The number of hydrogen-bond donors (Lipinski definition) is 3. The van der Waals surface area contributed by atoms with Crippen molar-refractivity contribution >= 4 is 5.91 Å². The number of methoxy groups -OCH3 is 1. The van der Waals surface area contributed by atoms with Gasteiger partial charge in [0.15, 0.2) is 0 Å². The molecule has 1 aliphatic heterocycles. The van der Waals surface area contributed by atoms with Gasteiger partial charge in [0.2, 0.25) is 0 Å². The second-order valence-corrected chi connectivity index (χ2v) is 6.08. The molecular weight excluding hydrogens is 322 g/mol. The largest absolute Gasteiger partial charge is 0.497 e. The van der Waals surface area contributed by atoms with Crippen molar-refractivity contribution in [3.05, 3.63) is 47.3 Å². The second kappa shape index (κ2) is 8.13. The van der Waals surface area contributed by atoms with Gasteiger partial charge in [0.25, 0.3) is 5.91 Å².